The van der Waals surface area contributed by atoms with Crippen molar-refractivity contribution in [3.05, 3.63) is 35.4 Å². The second kappa shape index (κ2) is 6.59. The number of alkyl halides is 3. The van der Waals surface area contributed by atoms with E-state index in [1.54, 1.807) is 12.1 Å². The Balaban J connectivity index is 2.00. The normalized spacial score (nSPS) is 19.0. The summed E-state index contributed by atoms with van der Waals surface area (Å²) < 4.78 is 37.6. The number of nitrogens with zero attached hydrogens (tertiary/aromatic N) is 1. The number of halogens is 3. The van der Waals surface area contributed by atoms with Crippen LogP contribution in [0.1, 0.15) is 24.5 Å². The van der Waals surface area contributed by atoms with Crippen LogP contribution in [0.15, 0.2) is 24.3 Å². The van der Waals surface area contributed by atoms with Gasteiger partial charge in [0.2, 0.25) is 0 Å². The molecule has 1 aliphatic rings. The molecular weight excluding hydrogens is 265 g/mol. The van der Waals surface area contributed by atoms with E-state index in [2.05, 4.69) is 17.1 Å². The molecule has 0 aromatic heterocycles. The molecule has 1 fully saturated rings. The van der Waals surface area contributed by atoms with Crippen molar-refractivity contribution < 1.29 is 13.2 Å². The van der Waals surface area contributed by atoms with Gasteiger partial charge in [0.15, 0.2) is 0 Å². The van der Waals surface area contributed by atoms with Crippen LogP contribution < -0.4 is 5.32 Å². The first-order valence-corrected chi connectivity index (χ1v) is 7.11. The Morgan fingerprint density at radius 2 is 1.75 bits per heavy atom. The highest BCUT2D eigenvalue weighted by molar-refractivity contribution is 5.25. The molecule has 1 aromatic carbocycles. The topological polar surface area (TPSA) is 15.3 Å². The minimum atomic E-state index is -4.25. The fourth-order valence-electron chi connectivity index (χ4n) is 2.68. The summed E-state index contributed by atoms with van der Waals surface area (Å²) in [6.45, 7) is 6.14. The molecule has 0 amide bonds. The lowest BCUT2D eigenvalue weighted by molar-refractivity contribution is -0.137. The summed E-state index contributed by atoms with van der Waals surface area (Å²) in [4.78, 5) is 2.42. The first-order valence-electron chi connectivity index (χ1n) is 7.11. The number of nitrogens with one attached hydrogen (secondary N) is 1. The van der Waals surface area contributed by atoms with Crippen molar-refractivity contribution in [2.75, 3.05) is 26.2 Å². The number of hydrogen-bond donors (Lipinski definition) is 1. The molecule has 0 saturated carbocycles. The van der Waals surface area contributed by atoms with Crippen LogP contribution >= 0.6 is 0 Å². The van der Waals surface area contributed by atoms with Gasteiger partial charge in [-0.05, 0) is 30.5 Å². The number of piperazine rings is 1. The Morgan fingerprint density at radius 1 is 1.15 bits per heavy atom. The number of rotatable bonds is 4. The Labute approximate surface area is 118 Å². The molecular formula is C15H21F3N2. The lowest BCUT2D eigenvalue weighted by atomic mass is 10.0. The van der Waals surface area contributed by atoms with Gasteiger partial charge in [-0.25, -0.2) is 0 Å². The maximum absolute atomic E-state index is 12.5. The zero-order valence-electron chi connectivity index (χ0n) is 11.7. The molecule has 2 nitrogen and oxygen atoms in total. The smallest absolute Gasteiger partial charge is 0.314 e. The quantitative estimate of drug-likeness (QED) is 0.915. The maximum Gasteiger partial charge on any atom is 0.416 e. The van der Waals surface area contributed by atoms with Gasteiger partial charge in [0, 0.05) is 32.2 Å². The van der Waals surface area contributed by atoms with E-state index in [1.165, 1.54) is 12.1 Å². The lowest BCUT2D eigenvalue weighted by Crippen LogP contribution is -2.48. The van der Waals surface area contributed by atoms with Crippen molar-refractivity contribution in [1.29, 1.82) is 0 Å². The van der Waals surface area contributed by atoms with Gasteiger partial charge in [0.1, 0.15) is 0 Å². The summed E-state index contributed by atoms with van der Waals surface area (Å²) in [5, 5.41) is 3.31. The molecule has 1 unspecified atom stereocenters. The molecule has 0 spiro atoms. The van der Waals surface area contributed by atoms with E-state index in [-0.39, 0.29) is 0 Å². The Morgan fingerprint density at radius 3 is 2.25 bits per heavy atom. The summed E-state index contributed by atoms with van der Waals surface area (Å²) >= 11 is 0. The van der Waals surface area contributed by atoms with Crippen LogP contribution in [-0.2, 0) is 12.6 Å². The van der Waals surface area contributed by atoms with Crippen LogP contribution in [-0.4, -0.2) is 37.1 Å². The summed E-state index contributed by atoms with van der Waals surface area (Å²) in [5.74, 6) is 0. The predicted octanol–water partition coefficient (Wildman–Crippen LogP) is 2.93. The number of hydrogen-bond acceptors (Lipinski definition) is 2. The average molecular weight is 286 g/mol. The zero-order chi connectivity index (χ0) is 14.6. The third kappa shape index (κ3) is 3.96. The van der Waals surface area contributed by atoms with Crippen LogP contribution in [0.25, 0.3) is 0 Å². The third-order valence-electron chi connectivity index (χ3n) is 3.89. The Bertz CT molecular complexity index is 408. The zero-order valence-corrected chi connectivity index (χ0v) is 11.7. The maximum atomic E-state index is 12.5. The van der Waals surface area contributed by atoms with Gasteiger partial charge >= 0.3 is 6.18 Å². The second-order valence-corrected chi connectivity index (χ2v) is 5.25. The van der Waals surface area contributed by atoms with E-state index >= 15 is 0 Å². The van der Waals surface area contributed by atoms with Crippen LogP contribution in [0.2, 0.25) is 0 Å². The molecule has 1 atom stereocenters. The highest BCUT2D eigenvalue weighted by Crippen LogP contribution is 2.29. The minimum Gasteiger partial charge on any atom is -0.314 e. The average Bonchev–Trinajstić information content (AvgIpc) is 2.45. The van der Waals surface area contributed by atoms with E-state index < -0.39 is 11.7 Å². The second-order valence-electron chi connectivity index (χ2n) is 5.25. The highest BCUT2D eigenvalue weighted by atomic mass is 19.4. The lowest BCUT2D eigenvalue weighted by Gasteiger charge is -2.34. The molecule has 1 aromatic rings. The molecule has 20 heavy (non-hydrogen) atoms. The number of benzene rings is 1. The van der Waals surface area contributed by atoms with Crippen molar-refractivity contribution in [1.82, 2.24) is 10.2 Å². The monoisotopic (exact) mass is 286 g/mol. The summed E-state index contributed by atoms with van der Waals surface area (Å²) in [6, 6.07) is 5.98. The van der Waals surface area contributed by atoms with Gasteiger partial charge in [0.05, 0.1) is 5.56 Å². The van der Waals surface area contributed by atoms with Crippen molar-refractivity contribution in [3.63, 3.8) is 0 Å². The largest absolute Gasteiger partial charge is 0.416 e. The van der Waals surface area contributed by atoms with Crippen molar-refractivity contribution in [2.45, 2.75) is 32.0 Å². The first-order chi connectivity index (χ1) is 9.50. The molecule has 1 N–H and O–H groups in total. The van der Waals surface area contributed by atoms with Gasteiger partial charge < -0.3 is 5.32 Å². The minimum absolute atomic E-state index is 0.411. The molecule has 0 aliphatic carbocycles. The predicted molar refractivity (Wildman–Crippen MR) is 73.7 cm³/mol. The fourth-order valence-corrected chi connectivity index (χ4v) is 2.68. The van der Waals surface area contributed by atoms with E-state index in [9.17, 15) is 13.2 Å². The molecule has 1 saturated heterocycles. The molecule has 2 rings (SSSR count). The standard InChI is InChI=1S/C15H21F3N2/c1-2-14(20-9-7-19-8-10-20)11-12-3-5-13(6-4-12)15(16,17)18/h3-6,14,19H,2,7-11H2,1H3. The van der Waals surface area contributed by atoms with Gasteiger partial charge in [0.25, 0.3) is 0 Å². The van der Waals surface area contributed by atoms with E-state index in [0.29, 0.717) is 6.04 Å². The van der Waals surface area contributed by atoms with Crippen molar-refractivity contribution in [3.8, 4) is 0 Å². The Hall–Kier alpha value is -1.07. The van der Waals surface area contributed by atoms with E-state index in [4.69, 9.17) is 0 Å². The molecule has 1 heterocycles. The van der Waals surface area contributed by atoms with Crippen molar-refractivity contribution in [2.24, 2.45) is 0 Å². The van der Waals surface area contributed by atoms with Gasteiger partial charge in [-0.1, -0.05) is 19.1 Å². The molecule has 5 heteroatoms. The SMILES string of the molecule is CCC(Cc1ccc(C(F)(F)F)cc1)N1CCNCC1. The van der Waals surface area contributed by atoms with Crippen molar-refractivity contribution >= 4 is 0 Å². The molecule has 112 valence electrons. The summed E-state index contributed by atoms with van der Waals surface area (Å²) in [6.07, 6.45) is -2.42. The molecule has 1 aliphatic heterocycles. The van der Waals surface area contributed by atoms with Crippen LogP contribution in [0.5, 0.6) is 0 Å². The fraction of sp³-hybridized carbons (Fsp3) is 0.600. The summed E-state index contributed by atoms with van der Waals surface area (Å²) in [5.41, 5.74) is 0.403. The van der Waals surface area contributed by atoms with E-state index in [1.807, 2.05) is 0 Å². The highest BCUT2D eigenvalue weighted by Gasteiger charge is 2.30. The first kappa shape index (κ1) is 15.3. The van der Waals surface area contributed by atoms with Gasteiger partial charge in [-0.15, -0.1) is 0 Å². The van der Waals surface area contributed by atoms with Gasteiger partial charge in [-0.2, -0.15) is 13.2 Å². The summed E-state index contributed by atoms with van der Waals surface area (Å²) in [7, 11) is 0. The van der Waals surface area contributed by atoms with Crippen LogP contribution in [0, 0.1) is 0 Å². The van der Waals surface area contributed by atoms with E-state index in [0.717, 1.165) is 44.6 Å². The van der Waals surface area contributed by atoms with Crippen LogP contribution in [0.3, 0.4) is 0 Å². The molecule has 0 bridgehead atoms. The molecule has 0 radical (unpaired) electrons. The van der Waals surface area contributed by atoms with Gasteiger partial charge in [-0.3, -0.25) is 4.90 Å². The van der Waals surface area contributed by atoms with Crippen LogP contribution in [0.4, 0.5) is 13.2 Å². The third-order valence-corrected chi connectivity index (χ3v) is 3.89. The Kier molecular flexibility index (Phi) is 5.05.